The standard InChI is InChI=1S/C21H38O4/c1-3-5-7-8-9-13-17-25-21(23)19-15-11-10-14-18(19)20(22)24-16-12-6-4-2/h18-19H,3-17H2,1-2H3. The Bertz CT molecular complexity index is 367. The minimum Gasteiger partial charge on any atom is -0.465 e. The van der Waals surface area contributed by atoms with Gasteiger partial charge in [-0.15, -0.1) is 0 Å². The maximum absolute atomic E-state index is 12.4. The van der Waals surface area contributed by atoms with Crippen molar-refractivity contribution in [3.05, 3.63) is 0 Å². The lowest BCUT2D eigenvalue weighted by molar-refractivity contribution is -0.163. The van der Waals surface area contributed by atoms with Gasteiger partial charge in [-0.3, -0.25) is 9.59 Å². The maximum Gasteiger partial charge on any atom is 0.309 e. The Hall–Kier alpha value is -1.06. The van der Waals surface area contributed by atoms with E-state index in [-0.39, 0.29) is 23.8 Å². The molecular weight excluding hydrogens is 316 g/mol. The van der Waals surface area contributed by atoms with Crippen LogP contribution in [0.15, 0.2) is 0 Å². The smallest absolute Gasteiger partial charge is 0.309 e. The third kappa shape index (κ3) is 9.27. The largest absolute Gasteiger partial charge is 0.465 e. The highest BCUT2D eigenvalue weighted by Crippen LogP contribution is 2.32. The van der Waals surface area contributed by atoms with E-state index in [1.165, 1.54) is 25.7 Å². The highest BCUT2D eigenvalue weighted by molar-refractivity contribution is 5.82. The highest BCUT2D eigenvalue weighted by atomic mass is 16.5. The molecule has 0 spiro atoms. The van der Waals surface area contributed by atoms with Crippen LogP contribution >= 0.6 is 0 Å². The number of ether oxygens (including phenoxy) is 2. The molecule has 1 fully saturated rings. The molecule has 1 aliphatic carbocycles. The Morgan fingerprint density at radius 3 is 1.60 bits per heavy atom. The third-order valence-corrected chi connectivity index (χ3v) is 5.11. The molecule has 0 N–H and O–H groups in total. The summed E-state index contributed by atoms with van der Waals surface area (Å²) in [7, 11) is 0. The first-order valence-corrected chi connectivity index (χ1v) is 10.5. The number of hydrogen-bond acceptors (Lipinski definition) is 4. The van der Waals surface area contributed by atoms with E-state index in [1.54, 1.807) is 0 Å². The van der Waals surface area contributed by atoms with Gasteiger partial charge in [-0.05, 0) is 25.7 Å². The molecule has 0 radical (unpaired) electrons. The van der Waals surface area contributed by atoms with E-state index in [1.807, 2.05) is 0 Å². The molecule has 1 rings (SSSR count). The van der Waals surface area contributed by atoms with Crippen LogP contribution in [0.2, 0.25) is 0 Å². The van der Waals surface area contributed by atoms with Crippen LogP contribution in [0.1, 0.15) is 97.3 Å². The molecule has 0 amide bonds. The van der Waals surface area contributed by atoms with Gasteiger partial charge in [-0.25, -0.2) is 0 Å². The minimum atomic E-state index is -0.299. The number of esters is 2. The highest BCUT2D eigenvalue weighted by Gasteiger charge is 2.37. The fourth-order valence-corrected chi connectivity index (χ4v) is 3.49. The van der Waals surface area contributed by atoms with Crippen molar-refractivity contribution in [3.8, 4) is 0 Å². The number of carbonyl (C=O) groups excluding carboxylic acids is 2. The Kier molecular flexibility index (Phi) is 12.4. The van der Waals surface area contributed by atoms with Crippen LogP contribution in [0.3, 0.4) is 0 Å². The molecule has 0 aliphatic heterocycles. The van der Waals surface area contributed by atoms with Gasteiger partial charge >= 0.3 is 11.9 Å². The average Bonchev–Trinajstić information content (AvgIpc) is 2.64. The summed E-state index contributed by atoms with van der Waals surface area (Å²) < 4.78 is 10.9. The zero-order valence-electron chi connectivity index (χ0n) is 16.4. The number of carbonyl (C=O) groups is 2. The predicted octanol–water partition coefficient (Wildman–Crippen LogP) is 5.43. The normalized spacial score (nSPS) is 20.2. The molecule has 4 heteroatoms. The van der Waals surface area contributed by atoms with Gasteiger partial charge in [-0.1, -0.05) is 71.6 Å². The van der Waals surface area contributed by atoms with Crippen molar-refractivity contribution >= 4 is 11.9 Å². The molecule has 2 unspecified atom stereocenters. The van der Waals surface area contributed by atoms with Gasteiger partial charge in [0.05, 0.1) is 25.0 Å². The SMILES string of the molecule is CCCCCCCCOC(=O)C1CCCCC1C(=O)OCCCCC. The predicted molar refractivity (Wildman–Crippen MR) is 100 cm³/mol. The van der Waals surface area contributed by atoms with Crippen LogP contribution in [0, 0.1) is 11.8 Å². The van der Waals surface area contributed by atoms with Gasteiger partial charge in [-0.2, -0.15) is 0 Å². The van der Waals surface area contributed by atoms with Crippen LogP contribution in [0.5, 0.6) is 0 Å². The topological polar surface area (TPSA) is 52.6 Å². The van der Waals surface area contributed by atoms with Gasteiger partial charge in [0.15, 0.2) is 0 Å². The first-order valence-electron chi connectivity index (χ1n) is 10.5. The Morgan fingerprint density at radius 1 is 0.680 bits per heavy atom. The molecule has 1 aliphatic rings. The monoisotopic (exact) mass is 354 g/mol. The summed E-state index contributed by atoms with van der Waals surface area (Å²) in [5.74, 6) is -0.985. The molecule has 0 saturated heterocycles. The second-order valence-corrected chi connectivity index (χ2v) is 7.31. The van der Waals surface area contributed by atoms with Gasteiger partial charge in [0, 0.05) is 0 Å². The van der Waals surface area contributed by atoms with E-state index in [0.29, 0.717) is 13.2 Å². The lowest BCUT2D eigenvalue weighted by Crippen LogP contribution is -2.35. The summed E-state index contributed by atoms with van der Waals surface area (Å²) in [6.45, 7) is 5.29. The molecule has 4 nitrogen and oxygen atoms in total. The van der Waals surface area contributed by atoms with Gasteiger partial charge in [0.2, 0.25) is 0 Å². The summed E-state index contributed by atoms with van der Waals surface area (Å²) in [4.78, 5) is 24.7. The van der Waals surface area contributed by atoms with Crippen LogP contribution in [-0.2, 0) is 19.1 Å². The third-order valence-electron chi connectivity index (χ3n) is 5.11. The molecule has 146 valence electrons. The molecule has 0 aromatic heterocycles. The molecule has 0 aromatic carbocycles. The van der Waals surface area contributed by atoms with Crippen molar-refractivity contribution in [2.75, 3.05) is 13.2 Å². The Balaban J connectivity index is 2.29. The van der Waals surface area contributed by atoms with E-state index in [4.69, 9.17) is 9.47 Å². The van der Waals surface area contributed by atoms with Crippen molar-refractivity contribution in [1.82, 2.24) is 0 Å². The van der Waals surface area contributed by atoms with Crippen LogP contribution in [-0.4, -0.2) is 25.2 Å². The quantitative estimate of drug-likeness (QED) is 0.327. The van der Waals surface area contributed by atoms with Crippen LogP contribution in [0.4, 0.5) is 0 Å². The minimum absolute atomic E-state index is 0.191. The van der Waals surface area contributed by atoms with E-state index >= 15 is 0 Å². The first kappa shape index (κ1) is 22.0. The van der Waals surface area contributed by atoms with Crippen molar-refractivity contribution in [1.29, 1.82) is 0 Å². The van der Waals surface area contributed by atoms with E-state index < -0.39 is 0 Å². The molecule has 1 saturated carbocycles. The summed E-state index contributed by atoms with van der Waals surface area (Å²) in [5, 5.41) is 0. The molecule has 2 atom stereocenters. The zero-order chi connectivity index (χ0) is 18.3. The number of unbranched alkanes of at least 4 members (excludes halogenated alkanes) is 7. The van der Waals surface area contributed by atoms with Gasteiger partial charge in [0.1, 0.15) is 0 Å². The Morgan fingerprint density at radius 2 is 1.08 bits per heavy atom. The van der Waals surface area contributed by atoms with E-state index in [2.05, 4.69) is 13.8 Å². The van der Waals surface area contributed by atoms with Crippen molar-refractivity contribution in [2.24, 2.45) is 11.8 Å². The number of rotatable bonds is 13. The second kappa shape index (κ2) is 14.1. The summed E-state index contributed by atoms with van der Waals surface area (Å²) in [6.07, 6.45) is 13.6. The molecule has 0 heterocycles. The van der Waals surface area contributed by atoms with E-state index in [9.17, 15) is 9.59 Å². The zero-order valence-corrected chi connectivity index (χ0v) is 16.4. The summed E-state index contributed by atoms with van der Waals surface area (Å²) >= 11 is 0. The van der Waals surface area contributed by atoms with Crippen LogP contribution < -0.4 is 0 Å². The molecule has 0 bridgehead atoms. The summed E-state index contributed by atoms with van der Waals surface area (Å²) in [5.41, 5.74) is 0. The number of hydrogen-bond donors (Lipinski definition) is 0. The van der Waals surface area contributed by atoms with Crippen molar-refractivity contribution in [3.63, 3.8) is 0 Å². The van der Waals surface area contributed by atoms with Crippen LogP contribution in [0.25, 0.3) is 0 Å². The van der Waals surface area contributed by atoms with Crippen molar-refractivity contribution < 1.29 is 19.1 Å². The van der Waals surface area contributed by atoms with Gasteiger partial charge < -0.3 is 9.47 Å². The second-order valence-electron chi connectivity index (χ2n) is 7.31. The molecule has 0 aromatic rings. The lowest BCUT2D eigenvalue weighted by atomic mass is 9.79. The first-order chi connectivity index (χ1) is 12.2. The van der Waals surface area contributed by atoms with Gasteiger partial charge in [0.25, 0.3) is 0 Å². The summed E-state index contributed by atoms with van der Waals surface area (Å²) in [6, 6.07) is 0. The fourth-order valence-electron chi connectivity index (χ4n) is 3.49. The van der Waals surface area contributed by atoms with E-state index in [0.717, 1.165) is 57.8 Å². The Labute approximate surface area is 154 Å². The maximum atomic E-state index is 12.4. The fraction of sp³-hybridized carbons (Fsp3) is 0.905. The average molecular weight is 355 g/mol. The molecule has 25 heavy (non-hydrogen) atoms. The van der Waals surface area contributed by atoms with Crippen molar-refractivity contribution in [2.45, 2.75) is 97.3 Å². The lowest BCUT2D eigenvalue weighted by Gasteiger charge is -2.28. The molecular formula is C21H38O4.